The Hall–Kier alpha value is -0.960. The van der Waals surface area contributed by atoms with Crippen molar-refractivity contribution in [2.24, 2.45) is 0 Å². The van der Waals surface area contributed by atoms with Crippen LogP contribution in [0.5, 0.6) is 0 Å². The smallest absolute Gasteiger partial charge is 0.0798 e. The van der Waals surface area contributed by atoms with E-state index < -0.39 is 6.10 Å². The third kappa shape index (κ3) is 3.29. The van der Waals surface area contributed by atoms with Gasteiger partial charge in [-0.1, -0.05) is 48.5 Å². The molecular formula is C15H15ClOS. The fraction of sp³-hybridized carbons (Fsp3) is 0.200. The molecule has 0 amide bonds. The summed E-state index contributed by atoms with van der Waals surface area (Å²) in [7, 11) is 0. The Morgan fingerprint density at radius 3 is 2.44 bits per heavy atom. The number of hydrogen-bond donors (Lipinski definition) is 1. The third-order valence-corrected chi connectivity index (χ3v) is 4.06. The van der Waals surface area contributed by atoms with Gasteiger partial charge in [0.05, 0.1) is 6.10 Å². The van der Waals surface area contributed by atoms with Crippen molar-refractivity contribution in [3.05, 3.63) is 59.1 Å². The summed E-state index contributed by atoms with van der Waals surface area (Å²) in [5, 5.41) is 10.7. The van der Waals surface area contributed by atoms with Crippen molar-refractivity contribution < 1.29 is 5.11 Å². The molecule has 0 aliphatic heterocycles. The number of rotatable bonds is 4. The summed E-state index contributed by atoms with van der Waals surface area (Å²) in [4.78, 5) is 2.21. The van der Waals surface area contributed by atoms with Crippen molar-refractivity contribution in [3.8, 4) is 0 Å². The molecule has 0 radical (unpaired) electrons. The summed E-state index contributed by atoms with van der Waals surface area (Å²) in [5.41, 5.74) is 0.986. The molecule has 2 aromatic carbocycles. The highest BCUT2D eigenvalue weighted by Crippen LogP contribution is 2.34. The minimum absolute atomic E-state index is 0.402. The van der Waals surface area contributed by atoms with Gasteiger partial charge < -0.3 is 5.11 Å². The van der Waals surface area contributed by atoms with Crippen molar-refractivity contribution in [2.45, 2.75) is 29.2 Å². The fourth-order valence-corrected chi connectivity index (χ4v) is 2.82. The number of benzene rings is 2. The monoisotopic (exact) mass is 278 g/mol. The van der Waals surface area contributed by atoms with E-state index in [1.54, 1.807) is 11.8 Å². The molecule has 0 spiro atoms. The van der Waals surface area contributed by atoms with Gasteiger partial charge in [0.15, 0.2) is 0 Å². The second kappa shape index (κ2) is 6.28. The van der Waals surface area contributed by atoms with E-state index in [1.165, 1.54) is 0 Å². The van der Waals surface area contributed by atoms with Crippen LogP contribution < -0.4 is 0 Å². The maximum atomic E-state index is 10.00. The first-order valence-corrected chi connectivity index (χ1v) is 7.10. The molecule has 0 aliphatic rings. The molecule has 2 rings (SSSR count). The Morgan fingerprint density at radius 1 is 1.11 bits per heavy atom. The summed E-state index contributed by atoms with van der Waals surface area (Å²) in [6.45, 7) is 1.98. The van der Waals surface area contributed by atoms with Crippen LogP contribution in [0.3, 0.4) is 0 Å². The van der Waals surface area contributed by atoms with Gasteiger partial charge in [0.25, 0.3) is 0 Å². The predicted octanol–water partition coefficient (Wildman–Crippen LogP) is 4.93. The van der Waals surface area contributed by atoms with E-state index in [0.717, 1.165) is 26.8 Å². The van der Waals surface area contributed by atoms with Gasteiger partial charge in [0, 0.05) is 14.8 Å². The number of aliphatic hydroxyl groups excluding tert-OH is 1. The van der Waals surface area contributed by atoms with Crippen LogP contribution in [0.15, 0.2) is 58.3 Å². The lowest BCUT2D eigenvalue weighted by Gasteiger charge is -2.13. The minimum Gasteiger partial charge on any atom is -0.388 e. The Bertz CT molecular complexity index is 510. The van der Waals surface area contributed by atoms with Crippen LogP contribution in [0.4, 0.5) is 0 Å². The molecule has 0 saturated heterocycles. The van der Waals surface area contributed by atoms with Gasteiger partial charge in [-0.15, -0.1) is 0 Å². The second-order valence-corrected chi connectivity index (χ2v) is 5.57. The highest BCUT2D eigenvalue weighted by molar-refractivity contribution is 7.99. The van der Waals surface area contributed by atoms with E-state index in [9.17, 15) is 5.11 Å². The van der Waals surface area contributed by atoms with E-state index in [-0.39, 0.29) is 0 Å². The van der Waals surface area contributed by atoms with Gasteiger partial charge in [0.1, 0.15) is 0 Å². The zero-order chi connectivity index (χ0) is 13.0. The van der Waals surface area contributed by atoms with Gasteiger partial charge >= 0.3 is 0 Å². The molecule has 2 aromatic rings. The molecule has 0 heterocycles. The van der Waals surface area contributed by atoms with Gasteiger partial charge in [-0.3, -0.25) is 0 Å². The molecule has 0 bridgehead atoms. The molecule has 18 heavy (non-hydrogen) atoms. The molecule has 94 valence electrons. The lowest BCUT2D eigenvalue weighted by Crippen LogP contribution is -1.96. The average Bonchev–Trinajstić information content (AvgIpc) is 2.41. The lowest BCUT2D eigenvalue weighted by molar-refractivity contribution is 0.171. The van der Waals surface area contributed by atoms with Gasteiger partial charge in [-0.2, -0.15) is 0 Å². The predicted molar refractivity (Wildman–Crippen MR) is 77.3 cm³/mol. The second-order valence-electron chi connectivity index (χ2n) is 4.02. The Balaban J connectivity index is 2.26. The lowest BCUT2D eigenvalue weighted by atomic mass is 10.1. The first-order valence-electron chi connectivity index (χ1n) is 5.91. The molecule has 0 aliphatic carbocycles. The van der Waals surface area contributed by atoms with E-state index in [4.69, 9.17) is 11.6 Å². The Kier molecular flexibility index (Phi) is 4.70. The highest BCUT2D eigenvalue weighted by Gasteiger charge is 2.10. The first-order chi connectivity index (χ1) is 8.70. The summed E-state index contributed by atoms with van der Waals surface area (Å²) < 4.78 is 0. The molecule has 0 aromatic heterocycles. The average molecular weight is 279 g/mol. The van der Waals surface area contributed by atoms with E-state index >= 15 is 0 Å². The maximum absolute atomic E-state index is 10.00. The SMILES string of the molecule is CC[C@@H](O)c1ccccc1Sc1ccc(Cl)cc1. The van der Waals surface area contributed by atoms with Crippen LogP contribution in [0.25, 0.3) is 0 Å². The van der Waals surface area contributed by atoms with Gasteiger partial charge in [-0.05, 0) is 42.3 Å². The van der Waals surface area contributed by atoms with Gasteiger partial charge in [0.2, 0.25) is 0 Å². The van der Waals surface area contributed by atoms with Crippen molar-refractivity contribution in [3.63, 3.8) is 0 Å². The quantitative estimate of drug-likeness (QED) is 0.855. The molecule has 3 heteroatoms. The Labute approximate surface area is 117 Å². The standard InChI is InChI=1S/C15H15ClOS/c1-2-14(17)13-5-3-4-6-15(13)18-12-9-7-11(16)8-10-12/h3-10,14,17H,2H2,1H3/t14-/m1/s1. The molecule has 1 N–H and O–H groups in total. The van der Waals surface area contributed by atoms with Crippen LogP contribution in [0, 0.1) is 0 Å². The molecule has 0 saturated carbocycles. The minimum atomic E-state index is -0.402. The number of halogens is 1. The van der Waals surface area contributed by atoms with Crippen molar-refractivity contribution in [2.75, 3.05) is 0 Å². The van der Waals surface area contributed by atoms with Crippen LogP contribution in [-0.4, -0.2) is 5.11 Å². The first kappa shape index (κ1) is 13.5. The van der Waals surface area contributed by atoms with E-state index in [1.807, 2.05) is 55.5 Å². The largest absolute Gasteiger partial charge is 0.388 e. The summed E-state index contributed by atoms with van der Waals surface area (Å²) in [5.74, 6) is 0. The Morgan fingerprint density at radius 2 is 1.78 bits per heavy atom. The number of hydrogen-bond acceptors (Lipinski definition) is 2. The molecule has 0 unspecified atom stereocenters. The summed E-state index contributed by atoms with van der Waals surface area (Å²) in [6, 6.07) is 15.7. The van der Waals surface area contributed by atoms with Crippen molar-refractivity contribution >= 4 is 23.4 Å². The van der Waals surface area contributed by atoms with Crippen LogP contribution in [0.2, 0.25) is 5.02 Å². The van der Waals surface area contributed by atoms with Crippen molar-refractivity contribution in [1.29, 1.82) is 0 Å². The summed E-state index contributed by atoms with van der Waals surface area (Å²) >= 11 is 7.52. The zero-order valence-corrected chi connectivity index (χ0v) is 11.7. The molecule has 0 fully saturated rings. The fourth-order valence-electron chi connectivity index (χ4n) is 1.70. The van der Waals surface area contributed by atoms with E-state index in [2.05, 4.69) is 0 Å². The van der Waals surface area contributed by atoms with Crippen LogP contribution in [0.1, 0.15) is 25.0 Å². The van der Waals surface area contributed by atoms with Crippen molar-refractivity contribution in [1.82, 2.24) is 0 Å². The molecule has 1 atom stereocenters. The third-order valence-electron chi connectivity index (χ3n) is 2.71. The van der Waals surface area contributed by atoms with Crippen LogP contribution >= 0.6 is 23.4 Å². The highest BCUT2D eigenvalue weighted by atomic mass is 35.5. The topological polar surface area (TPSA) is 20.2 Å². The normalized spacial score (nSPS) is 12.4. The number of aliphatic hydroxyl groups is 1. The molecule has 1 nitrogen and oxygen atoms in total. The summed E-state index contributed by atoms with van der Waals surface area (Å²) in [6.07, 6.45) is 0.319. The maximum Gasteiger partial charge on any atom is 0.0798 e. The zero-order valence-electron chi connectivity index (χ0n) is 10.1. The van der Waals surface area contributed by atoms with Crippen LogP contribution in [-0.2, 0) is 0 Å². The van der Waals surface area contributed by atoms with E-state index in [0.29, 0.717) is 0 Å². The molecular weight excluding hydrogens is 264 g/mol. The van der Waals surface area contributed by atoms with Gasteiger partial charge in [-0.25, -0.2) is 0 Å².